The number of quaternary nitrogens is 1. The minimum absolute atomic E-state index is 0.343. The normalized spacial score (nSPS) is 20.0. The predicted octanol–water partition coefficient (Wildman–Crippen LogP) is -2.38. The molecule has 0 unspecified atom stereocenters. The number of hydrogen-bond acceptors (Lipinski definition) is 2. The van der Waals surface area contributed by atoms with E-state index in [0.29, 0.717) is 0 Å². The molecule has 3 heteroatoms. The van der Waals surface area contributed by atoms with Gasteiger partial charge in [0.05, 0.1) is 0 Å². The number of imide groups is 1. The topological polar surface area (TPSA) is 50.8 Å². The first-order chi connectivity index (χ1) is 2.30. The van der Waals surface area contributed by atoms with Gasteiger partial charge in [0.25, 0.3) is 0 Å². The largest absolute Gasteiger partial charge is 0.447 e. The van der Waals surface area contributed by atoms with E-state index in [1.807, 2.05) is 0 Å². The monoisotopic (exact) mass is 72.0 g/mol. The average molecular weight is 72.0 g/mol. The van der Waals surface area contributed by atoms with Gasteiger partial charge in [-0.25, -0.2) is 9.59 Å². The van der Waals surface area contributed by atoms with Crippen molar-refractivity contribution >= 4 is 11.8 Å². The van der Waals surface area contributed by atoms with E-state index in [-0.39, 0.29) is 11.8 Å². The highest BCUT2D eigenvalue weighted by atomic mass is 16.2. The number of amides is 2. The summed E-state index contributed by atoms with van der Waals surface area (Å²) in [5.74, 6) is -0.685. The summed E-state index contributed by atoms with van der Waals surface area (Å²) in [5, 5.41) is 1.06. The van der Waals surface area contributed by atoms with Gasteiger partial charge in [-0.15, -0.1) is 0 Å². The molecule has 0 aliphatic carbocycles. The molecule has 1 fully saturated rings. The highest BCUT2D eigenvalue weighted by Crippen LogP contribution is 1.58. The van der Waals surface area contributed by atoms with Gasteiger partial charge in [-0.3, -0.25) is 0 Å². The van der Waals surface area contributed by atoms with Crippen LogP contribution in [0.1, 0.15) is 0 Å². The van der Waals surface area contributed by atoms with Gasteiger partial charge >= 0.3 is 11.8 Å². The van der Waals surface area contributed by atoms with Crippen LogP contribution in [0, 0.1) is 0 Å². The lowest BCUT2D eigenvalue weighted by molar-refractivity contribution is -0.390. The maximum absolute atomic E-state index is 9.48. The fraction of sp³-hybridized carbons (Fsp3) is 0. The van der Waals surface area contributed by atoms with E-state index < -0.39 is 0 Å². The third-order valence-electron chi connectivity index (χ3n) is 0.422. The molecular formula is C2H2NO2+. The van der Waals surface area contributed by atoms with E-state index >= 15 is 0 Å². The van der Waals surface area contributed by atoms with E-state index in [0.717, 1.165) is 5.32 Å². The molecule has 0 radical (unpaired) electrons. The van der Waals surface area contributed by atoms with Crippen molar-refractivity contribution in [2.45, 2.75) is 0 Å². The van der Waals surface area contributed by atoms with Crippen LogP contribution in [-0.4, -0.2) is 11.8 Å². The maximum atomic E-state index is 9.48. The van der Waals surface area contributed by atoms with Gasteiger partial charge in [-0.1, -0.05) is 0 Å². The SMILES string of the molecule is O=C1[NH2+]C1=O. The van der Waals surface area contributed by atoms with Gasteiger partial charge in [0.15, 0.2) is 0 Å². The molecule has 0 spiro atoms. The highest BCUT2D eigenvalue weighted by molar-refractivity contribution is 6.40. The maximum Gasteiger partial charge on any atom is 0.447 e. The molecular weight excluding hydrogens is 70.0 g/mol. The fourth-order valence-electron chi connectivity index (χ4n) is 0.0830. The number of nitrogens with two attached hydrogens (primary N) is 1. The minimum Gasteiger partial charge on any atom is -0.214 e. The lowest BCUT2D eigenvalue weighted by Crippen LogP contribution is -2.59. The summed E-state index contributed by atoms with van der Waals surface area (Å²) in [6.07, 6.45) is 0. The second kappa shape index (κ2) is 0.440. The standard InChI is InChI=1S/C2HNO2/c4-1-2(5)3-1/h(H,3,4,5)/p+1. The third-order valence-corrected chi connectivity index (χ3v) is 0.422. The Labute approximate surface area is 28.0 Å². The minimum atomic E-state index is -0.343. The summed E-state index contributed by atoms with van der Waals surface area (Å²) in [4.78, 5) is 19.0. The van der Waals surface area contributed by atoms with Gasteiger partial charge in [0.2, 0.25) is 0 Å². The molecule has 5 heavy (non-hydrogen) atoms. The zero-order valence-electron chi connectivity index (χ0n) is 2.39. The van der Waals surface area contributed by atoms with Crippen molar-refractivity contribution in [3.63, 3.8) is 0 Å². The number of rotatable bonds is 0. The number of primary amides is 2. The first kappa shape index (κ1) is 2.53. The predicted molar refractivity (Wildman–Crippen MR) is 11.9 cm³/mol. The van der Waals surface area contributed by atoms with Crippen LogP contribution in [0.2, 0.25) is 0 Å². The smallest absolute Gasteiger partial charge is 0.214 e. The Kier molecular flexibility index (Phi) is 0.223. The first-order valence-electron chi connectivity index (χ1n) is 1.24. The van der Waals surface area contributed by atoms with Crippen molar-refractivity contribution < 1.29 is 14.9 Å². The van der Waals surface area contributed by atoms with E-state index in [1.165, 1.54) is 0 Å². The molecule has 0 aromatic rings. The van der Waals surface area contributed by atoms with Crippen molar-refractivity contribution in [2.75, 3.05) is 0 Å². The Morgan fingerprint density at radius 1 is 1.20 bits per heavy atom. The van der Waals surface area contributed by atoms with Crippen molar-refractivity contribution in [1.29, 1.82) is 0 Å². The molecule has 0 aromatic heterocycles. The van der Waals surface area contributed by atoms with Crippen molar-refractivity contribution in [1.82, 2.24) is 0 Å². The van der Waals surface area contributed by atoms with Gasteiger partial charge < -0.3 is 0 Å². The lowest BCUT2D eigenvalue weighted by Gasteiger charge is -1.16. The summed E-state index contributed by atoms with van der Waals surface area (Å²) in [6, 6.07) is 0. The zero-order valence-corrected chi connectivity index (χ0v) is 2.39. The van der Waals surface area contributed by atoms with E-state index in [4.69, 9.17) is 0 Å². The number of carbonyl (C=O) groups is 2. The zero-order chi connectivity index (χ0) is 3.86. The van der Waals surface area contributed by atoms with Crippen LogP contribution < -0.4 is 5.32 Å². The third kappa shape index (κ3) is 0.199. The molecule has 1 heterocycles. The average Bonchev–Trinajstić information content (AvgIpc) is 1.79. The Balaban J connectivity index is 2.81. The molecule has 3 nitrogen and oxygen atoms in total. The van der Waals surface area contributed by atoms with Gasteiger partial charge in [-0.2, -0.15) is 5.32 Å². The van der Waals surface area contributed by atoms with Crippen molar-refractivity contribution in [3.8, 4) is 0 Å². The molecule has 2 amide bonds. The second-order valence-corrected chi connectivity index (χ2v) is 0.873. The van der Waals surface area contributed by atoms with Gasteiger partial charge in [0, 0.05) is 0 Å². The van der Waals surface area contributed by atoms with Crippen LogP contribution in [0.5, 0.6) is 0 Å². The number of carbonyl (C=O) groups excluding carboxylic acids is 2. The highest BCUT2D eigenvalue weighted by Gasteiger charge is 2.41. The summed E-state index contributed by atoms with van der Waals surface area (Å²) < 4.78 is 0. The first-order valence-corrected chi connectivity index (χ1v) is 1.24. The molecule has 1 rings (SSSR count). The molecule has 1 aliphatic rings. The molecule has 0 aromatic carbocycles. The van der Waals surface area contributed by atoms with Crippen LogP contribution in [-0.2, 0) is 9.59 Å². The Morgan fingerprint density at radius 3 is 1.40 bits per heavy atom. The molecule has 1 aliphatic heterocycles. The molecule has 0 saturated carbocycles. The van der Waals surface area contributed by atoms with E-state index in [2.05, 4.69) is 0 Å². The van der Waals surface area contributed by atoms with E-state index in [1.54, 1.807) is 0 Å². The van der Waals surface area contributed by atoms with Crippen molar-refractivity contribution in [3.05, 3.63) is 0 Å². The summed E-state index contributed by atoms with van der Waals surface area (Å²) in [5.41, 5.74) is 0. The molecule has 0 atom stereocenters. The quantitative estimate of drug-likeness (QED) is 0.256. The van der Waals surface area contributed by atoms with Gasteiger partial charge in [-0.05, 0) is 0 Å². The van der Waals surface area contributed by atoms with Crippen LogP contribution in [0.3, 0.4) is 0 Å². The molecule has 1 saturated heterocycles. The van der Waals surface area contributed by atoms with E-state index in [9.17, 15) is 9.59 Å². The summed E-state index contributed by atoms with van der Waals surface area (Å²) in [7, 11) is 0. The number of hydrogen-bond donors (Lipinski definition) is 1. The Hall–Kier alpha value is -0.700. The van der Waals surface area contributed by atoms with Crippen molar-refractivity contribution in [2.24, 2.45) is 0 Å². The molecule has 26 valence electrons. The Morgan fingerprint density at radius 2 is 1.40 bits per heavy atom. The second-order valence-electron chi connectivity index (χ2n) is 0.873. The fourth-order valence-corrected chi connectivity index (χ4v) is 0.0830. The van der Waals surface area contributed by atoms with Crippen LogP contribution in [0.4, 0.5) is 0 Å². The molecule has 2 N–H and O–H groups in total. The van der Waals surface area contributed by atoms with Crippen LogP contribution >= 0.6 is 0 Å². The molecule has 0 bridgehead atoms. The summed E-state index contributed by atoms with van der Waals surface area (Å²) in [6.45, 7) is 0. The van der Waals surface area contributed by atoms with Gasteiger partial charge in [0.1, 0.15) is 0 Å². The van der Waals surface area contributed by atoms with Crippen LogP contribution in [0.25, 0.3) is 0 Å². The summed E-state index contributed by atoms with van der Waals surface area (Å²) >= 11 is 0. The lowest BCUT2D eigenvalue weighted by atomic mass is 10.9. The Bertz CT molecular complexity index is 83.8. The van der Waals surface area contributed by atoms with Crippen LogP contribution in [0.15, 0.2) is 0 Å².